The molecule has 2 aromatic rings. The van der Waals surface area contributed by atoms with Crippen molar-refractivity contribution in [1.29, 1.82) is 0 Å². The van der Waals surface area contributed by atoms with Gasteiger partial charge in [-0.15, -0.1) is 0 Å². The van der Waals surface area contributed by atoms with Gasteiger partial charge in [-0.25, -0.2) is 0 Å². The summed E-state index contributed by atoms with van der Waals surface area (Å²) < 4.78 is 11.3. The first-order valence-electron chi connectivity index (χ1n) is 7.19. The second kappa shape index (κ2) is 5.41. The molecule has 3 nitrogen and oxygen atoms in total. The number of rotatable bonds is 2. The number of aliphatic hydroxyl groups is 1. The van der Waals surface area contributed by atoms with Gasteiger partial charge in [0.05, 0.1) is 13.2 Å². The van der Waals surface area contributed by atoms with E-state index in [9.17, 15) is 5.11 Å². The lowest BCUT2D eigenvalue weighted by atomic mass is 9.90. The van der Waals surface area contributed by atoms with E-state index in [-0.39, 0.29) is 6.10 Å². The van der Waals surface area contributed by atoms with Crippen LogP contribution in [0.5, 0.6) is 11.5 Å². The molecule has 1 aliphatic rings. The van der Waals surface area contributed by atoms with E-state index in [0.717, 1.165) is 17.1 Å². The molecule has 3 rings (SSSR count). The van der Waals surface area contributed by atoms with Crippen LogP contribution in [-0.2, 0) is 0 Å². The van der Waals surface area contributed by atoms with Crippen molar-refractivity contribution in [2.24, 2.45) is 0 Å². The average Bonchev–Trinajstić information content (AvgIpc) is 2.47. The Morgan fingerprint density at radius 3 is 2.52 bits per heavy atom. The highest BCUT2D eigenvalue weighted by molar-refractivity contribution is 5.45. The molecule has 110 valence electrons. The maximum Gasteiger partial charge on any atom is 0.127 e. The zero-order chi connectivity index (χ0) is 15.0. The lowest BCUT2D eigenvalue weighted by molar-refractivity contribution is 0.0649. The number of hydrogen-bond acceptors (Lipinski definition) is 3. The Bertz CT molecular complexity index is 643. The second-order valence-corrected chi connectivity index (χ2v) is 5.57. The molecule has 1 heterocycles. The number of aryl methyl sites for hydroxylation is 2. The molecule has 0 fully saturated rings. The number of methoxy groups -OCH3 is 1. The van der Waals surface area contributed by atoms with E-state index in [1.807, 2.05) is 24.3 Å². The van der Waals surface area contributed by atoms with Crippen molar-refractivity contribution in [3.05, 3.63) is 58.7 Å². The van der Waals surface area contributed by atoms with Gasteiger partial charge in [0.25, 0.3) is 0 Å². The summed E-state index contributed by atoms with van der Waals surface area (Å²) in [6, 6.07) is 11.8. The number of benzene rings is 2. The first-order valence-corrected chi connectivity index (χ1v) is 7.19. The van der Waals surface area contributed by atoms with Gasteiger partial charge in [-0.3, -0.25) is 0 Å². The van der Waals surface area contributed by atoms with Gasteiger partial charge in [-0.05, 0) is 48.7 Å². The molecular weight excluding hydrogens is 264 g/mol. The maximum absolute atomic E-state index is 10.5. The van der Waals surface area contributed by atoms with Crippen LogP contribution in [0.15, 0.2) is 36.4 Å². The predicted molar refractivity (Wildman–Crippen MR) is 81.9 cm³/mol. The molecule has 1 aliphatic heterocycles. The summed E-state index contributed by atoms with van der Waals surface area (Å²) in [5.41, 5.74) is 4.38. The Hall–Kier alpha value is -2.00. The molecule has 0 aromatic heterocycles. The van der Waals surface area contributed by atoms with Gasteiger partial charge in [0.2, 0.25) is 0 Å². The molecule has 21 heavy (non-hydrogen) atoms. The van der Waals surface area contributed by atoms with E-state index in [0.29, 0.717) is 6.42 Å². The third kappa shape index (κ3) is 2.49. The standard InChI is InChI=1S/C18H20O3/c1-11-5-4-6-12(2)18(11)17-10-15(19)14-9-13(20-3)7-8-16(14)21-17/h4-9,15,17,19H,10H2,1-3H3/t15-,17?/m0/s1. The minimum Gasteiger partial charge on any atom is -0.497 e. The Kier molecular flexibility index (Phi) is 3.60. The Morgan fingerprint density at radius 2 is 1.86 bits per heavy atom. The van der Waals surface area contributed by atoms with Gasteiger partial charge >= 0.3 is 0 Å². The van der Waals surface area contributed by atoms with E-state index >= 15 is 0 Å². The highest BCUT2D eigenvalue weighted by Crippen LogP contribution is 2.43. The summed E-state index contributed by atoms with van der Waals surface area (Å²) in [5.74, 6) is 1.48. The minimum absolute atomic E-state index is 0.109. The summed E-state index contributed by atoms with van der Waals surface area (Å²) in [5, 5.41) is 10.5. The van der Waals surface area contributed by atoms with Crippen LogP contribution in [0.1, 0.15) is 40.9 Å². The second-order valence-electron chi connectivity index (χ2n) is 5.57. The Morgan fingerprint density at radius 1 is 1.14 bits per heavy atom. The van der Waals surface area contributed by atoms with Crippen LogP contribution in [-0.4, -0.2) is 12.2 Å². The number of fused-ring (bicyclic) bond motifs is 1. The lowest BCUT2D eigenvalue weighted by Crippen LogP contribution is -2.20. The van der Waals surface area contributed by atoms with Gasteiger partial charge in [0.1, 0.15) is 17.6 Å². The van der Waals surface area contributed by atoms with Crippen molar-refractivity contribution in [3.63, 3.8) is 0 Å². The van der Waals surface area contributed by atoms with E-state index in [1.54, 1.807) is 7.11 Å². The quantitative estimate of drug-likeness (QED) is 0.910. The van der Waals surface area contributed by atoms with Gasteiger partial charge in [-0.1, -0.05) is 18.2 Å². The number of aliphatic hydroxyl groups excluding tert-OH is 1. The minimum atomic E-state index is -0.534. The zero-order valence-corrected chi connectivity index (χ0v) is 12.6. The molecule has 1 unspecified atom stereocenters. The van der Waals surface area contributed by atoms with Crippen molar-refractivity contribution >= 4 is 0 Å². The van der Waals surface area contributed by atoms with Crippen LogP contribution < -0.4 is 9.47 Å². The molecule has 0 spiro atoms. The van der Waals surface area contributed by atoms with Crippen LogP contribution in [0.3, 0.4) is 0 Å². The third-order valence-corrected chi connectivity index (χ3v) is 4.15. The fourth-order valence-corrected chi connectivity index (χ4v) is 3.06. The van der Waals surface area contributed by atoms with Crippen molar-refractivity contribution < 1.29 is 14.6 Å². The third-order valence-electron chi connectivity index (χ3n) is 4.15. The smallest absolute Gasteiger partial charge is 0.127 e. The molecule has 2 atom stereocenters. The van der Waals surface area contributed by atoms with Crippen LogP contribution in [0.4, 0.5) is 0 Å². The summed E-state index contributed by atoms with van der Waals surface area (Å²) in [7, 11) is 1.62. The number of ether oxygens (including phenoxy) is 2. The summed E-state index contributed by atoms with van der Waals surface area (Å²) in [6.07, 6.45) is -0.0822. The normalized spacial score (nSPS) is 20.6. The Labute approximate surface area is 125 Å². The molecule has 0 bridgehead atoms. The largest absolute Gasteiger partial charge is 0.497 e. The van der Waals surface area contributed by atoms with Crippen molar-refractivity contribution in [3.8, 4) is 11.5 Å². The van der Waals surface area contributed by atoms with Crippen LogP contribution in [0.25, 0.3) is 0 Å². The van der Waals surface area contributed by atoms with Gasteiger partial charge in [0.15, 0.2) is 0 Å². The summed E-state index contributed by atoms with van der Waals surface area (Å²) >= 11 is 0. The van der Waals surface area contributed by atoms with Crippen molar-refractivity contribution in [1.82, 2.24) is 0 Å². The highest BCUT2D eigenvalue weighted by atomic mass is 16.5. The summed E-state index contributed by atoms with van der Waals surface area (Å²) in [4.78, 5) is 0. The molecule has 0 saturated carbocycles. The molecule has 0 amide bonds. The Balaban J connectivity index is 1.99. The van der Waals surface area contributed by atoms with Gasteiger partial charge < -0.3 is 14.6 Å². The van der Waals surface area contributed by atoms with E-state index < -0.39 is 6.10 Å². The van der Waals surface area contributed by atoms with E-state index in [4.69, 9.17) is 9.47 Å². The van der Waals surface area contributed by atoms with Crippen LogP contribution >= 0.6 is 0 Å². The van der Waals surface area contributed by atoms with Crippen molar-refractivity contribution in [2.45, 2.75) is 32.5 Å². The first kappa shape index (κ1) is 14.0. The molecule has 2 aromatic carbocycles. The number of hydrogen-bond donors (Lipinski definition) is 1. The molecule has 1 N–H and O–H groups in total. The average molecular weight is 284 g/mol. The maximum atomic E-state index is 10.5. The fourth-order valence-electron chi connectivity index (χ4n) is 3.06. The molecule has 0 aliphatic carbocycles. The van der Waals surface area contributed by atoms with Crippen LogP contribution in [0, 0.1) is 13.8 Å². The SMILES string of the molecule is COc1ccc2c(c1)[C@@H](O)CC(c1c(C)cccc1C)O2. The van der Waals surface area contributed by atoms with Gasteiger partial charge in [0, 0.05) is 12.0 Å². The van der Waals surface area contributed by atoms with E-state index in [2.05, 4.69) is 26.0 Å². The highest BCUT2D eigenvalue weighted by Gasteiger charge is 2.30. The predicted octanol–water partition coefficient (Wildman–Crippen LogP) is 3.87. The van der Waals surface area contributed by atoms with Gasteiger partial charge in [-0.2, -0.15) is 0 Å². The first-order chi connectivity index (χ1) is 10.1. The topological polar surface area (TPSA) is 38.7 Å². The monoisotopic (exact) mass is 284 g/mol. The molecule has 0 saturated heterocycles. The molecule has 3 heteroatoms. The lowest BCUT2D eigenvalue weighted by Gasteiger charge is -2.31. The molecule has 0 radical (unpaired) electrons. The van der Waals surface area contributed by atoms with Crippen molar-refractivity contribution in [2.75, 3.05) is 7.11 Å². The fraction of sp³-hybridized carbons (Fsp3) is 0.333. The zero-order valence-electron chi connectivity index (χ0n) is 12.6. The molecular formula is C18H20O3. The van der Waals surface area contributed by atoms with Crippen LogP contribution in [0.2, 0.25) is 0 Å². The van der Waals surface area contributed by atoms with E-state index in [1.165, 1.54) is 16.7 Å². The summed E-state index contributed by atoms with van der Waals surface area (Å²) in [6.45, 7) is 4.17.